The first kappa shape index (κ1) is 33.6. The summed E-state index contributed by atoms with van der Waals surface area (Å²) in [5.41, 5.74) is 1.19. The van der Waals surface area contributed by atoms with Gasteiger partial charge in [-0.3, -0.25) is 9.69 Å². The van der Waals surface area contributed by atoms with E-state index in [0.717, 1.165) is 19.4 Å². The molecule has 0 amide bonds. The first-order valence-corrected chi connectivity index (χ1v) is 14.5. The summed E-state index contributed by atoms with van der Waals surface area (Å²) in [6.07, 6.45) is 7.15. The number of nitrogens with one attached hydrogen (secondary N) is 1. The highest BCUT2D eigenvalue weighted by Crippen LogP contribution is 2.33. The highest BCUT2D eigenvalue weighted by atomic mass is 19.4. The molecule has 2 aromatic rings. The van der Waals surface area contributed by atoms with Gasteiger partial charge in [-0.05, 0) is 19.0 Å². The smallest absolute Gasteiger partial charge is 0.451 e. The number of hydrogen-bond donors (Lipinski definition) is 2. The summed E-state index contributed by atoms with van der Waals surface area (Å²) in [5, 5.41) is 12.1. The number of unbranched alkanes of at least 4 members (excludes halogenated alkanes) is 6. The molecule has 2 aliphatic heterocycles. The lowest BCUT2D eigenvalue weighted by Gasteiger charge is -2.37. The number of hydrogen-bond acceptors (Lipinski definition) is 7. The zero-order chi connectivity index (χ0) is 30.6. The number of likely N-dealkylation sites (tertiary alicyclic amines) is 1. The lowest BCUT2D eigenvalue weighted by Crippen LogP contribution is -2.44. The number of carboxylic acid groups (broad SMARTS) is 1. The number of piperidine rings is 1. The van der Waals surface area contributed by atoms with Gasteiger partial charge in [0.15, 0.2) is 0 Å². The molecule has 2 N–H and O–H groups in total. The second-order valence-electron chi connectivity index (χ2n) is 10.7. The maximum absolute atomic E-state index is 13.5. The van der Waals surface area contributed by atoms with Crippen LogP contribution in [-0.4, -0.2) is 69.6 Å². The first-order valence-electron chi connectivity index (χ1n) is 14.5. The number of nitrogens with zero attached hydrogens (tertiary/aromatic N) is 4. The summed E-state index contributed by atoms with van der Waals surface area (Å²) in [5.74, 6) is -4.82. The van der Waals surface area contributed by atoms with E-state index in [4.69, 9.17) is 9.84 Å². The van der Waals surface area contributed by atoms with E-state index >= 15 is 0 Å². The molecule has 1 fully saturated rings. The minimum atomic E-state index is -4.60. The fraction of sp³-hybridized carbons (Fsp3) is 0.655. The molecular weight excluding hydrogens is 561 g/mol. The lowest BCUT2D eigenvalue weighted by atomic mass is 10.0. The molecule has 2 atom stereocenters. The van der Waals surface area contributed by atoms with Crippen molar-refractivity contribution in [3.05, 3.63) is 47.7 Å². The van der Waals surface area contributed by atoms with Crippen molar-refractivity contribution in [2.45, 2.75) is 88.8 Å². The van der Waals surface area contributed by atoms with E-state index in [-0.39, 0.29) is 38.6 Å². The number of aliphatic carboxylic acids is 1. The standard InChI is InChI=1S/C21H33F5N4.C8H7NO3/c1-2-3-4-5-6-7-8-11-27-16-18(30-12-9-20(22,23)10-13-30)17-14-28-19(29-15-17)21(24,25)26;10-8(11)6-4-12-7-5(6)2-1-3-9-7/h14-15,18,27H,2-13,16H2,1H3;1-3,6H,4H2,(H,10,11)/t18-;6-/m01/s1. The third-order valence-corrected chi connectivity index (χ3v) is 7.44. The van der Waals surface area contributed by atoms with E-state index in [0.29, 0.717) is 23.6 Å². The van der Waals surface area contributed by atoms with Crippen LogP contribution in [0.2, 0.25) is 0 Å². The van der Waals surface area contributed by atoms with Crippen molar-refractivity contribution in [1.29, 1.82) is 0 Å². The molecule has 0 saturated carbocycles. The molecule has 4 rings (SSSR count). The monoisotopic (exact) mass is 601 g/mol. The third-order valence-electron chi connectivity index (χ3n) is 7.44. The van der Waals surface area contributed by atoms with Crippen LogP contribution in [-0.2, 0) is 11.0 Å². The topological polar surface area (TPSA) is 100 Å². The van der Waals surface area contributed by atoms with Crippen molar-refractivity contribution in [3.8, 4) is 5.88 Å². The second kappa shape index (κ2) is 16.1. The van der Waals surface area contributed by atoms with Crippen molar-refractivity contribution in [3.63, 3.8) is 0 Å². The number of fused-ring (bicyclic) bond motifs is 1. The summed E-state index contributed by atoms with van der Waals surface area (Å²) in [7, 11) is 0. The SMILES string of the molecule is CCCCCCCCCNC[C@@H](c1cnc(C(F)(F)F)nc1)N1CCC(F)(F)CC1.O=C(O)[C@@H]1COc2ncccc21. The van der Waals surface area contributed by atoms with Gasteiger partial charge >= 0.3 is 12.1 Å². The Balaban J connectivity index is 0.000000332. The molecule has 0 radical (unpaired) electrons. The number of pyridine rings is 1. The largest absolute Gasteiger partial charge is 0.481 e. The van der Waals surface area contributed by atoms with Crippen molar-refractivity contribution < 1.29 is 36.6 Å². The predicted octanol–water partition coefficient (Wildman–Crippen LogP) is 6.25. The molecule has 1 saturated heterocycles. The number of carboxylic acids is 1. The molecule has 13 heteroatoms. The normalized spacial score (nSPS) is 18.9. The van der Waals surface area contributed by atoms with Crippen LogP contribution in [0.3, 0.4) is 0 Å². The molecule has 2 aliphatic rings. The van der Waals surface area contributed by atoms with Crippen LogP contribution >= 0.6 is 0 Å². The Kier molecular flexibility index (Phi) is 12.8. The van der Waals surface area contributed by atoms with E-state index in [1.807, 2.05) is 4.90 Å². The average molecular weight is 602 g/mol. The van der Waals surface area contributed by atoms with Gasteiger partial charge in [0.2, 0.25) is 11.7 Å². The van der Waals surface area contributed by atoms with Crippen LogP contribution in [0.15, 0.2) is 30.7 Å². The van der Waals surface area contributed by atoms with Gasteiger partial charge in [0.25, 0.3) is 5.92 Å². The quantitative estimate of drug-likeness (QED) is 0.205. The van der Waals surface area contributed by atoms with Crippen LogP contribution in [0.4, 0.5) is 22.0 Å². The van der Waals surface area contributed by atoms with Crippen molar-refractivity contribution in [2.75, 3.05) is 32.8 Å². The van der Waals surface area contributed by atoms with E-state index < -0.39 is 29.8 Å². The van der Waals surface area contributed by atoms with E-state index in [1.54, 1.807) is 18.3 Å². The number of alkyl halides is 5. The molecule has 234 valence electrons. The summed E-state index contributed by atoms with van der Waals surface area (Å²) < 4.78 is 70.4. The number of aromatic nitrogens is 3. The molecular formula is C29H40F5N5O3. The van der Waals surface area contributed by atoms with Gasteiger partial charge in [0.05, 0.1) is 6.04 Å². The highest BCUT2D eigenvalue weighted by molar-refractivity contribution is 5.78. The van der Waals surface area contributed by atoms with Crippen LogP contribution < -0.4 is 10.1 Å². The number of rotatable bonds is 13. The molecule has 0 bridgehead atoms. The third kappa shape index (κ3) is 10.4. The second-order valence-corrected chi connectivity index (χ2v) is 10.7. The maximum atomic E-state index is 13.5. The molecule has 4 heterocycles. The molecule has 0 aromatic carbocycles. The molecule has 0 aliphatic carbocycles. The Morgan fingerprint density at radius 3 is 2.36 bits per heavy atom. The number of ether oxygens (including phenoxy) is 1. The Morgan fingerprint density at radius 2 is 1.74 bits per heavy atom. The summed E-state index contributed by atoms with van der Waals surface area (Å²) in [4.78, 5) is 23.4. The fourth-order valence-corrected chi connectivity index (χ4v) is 4.97. The predicted molar refractivity (Wildman–Crippen MR) is 147 cm³/mol. The average Bonchev–Trinajstić information content (AvgIpc) is 3.39. The molecule has 42 heavy (non-hydrogen) atoms. The molecule has 0 unspecified atom stereocenters. The van der Waals surface area contributed by atoms with Gasteiger partial charge in [0, 0.05) is 62.2 Å². The Morgan fingerprint density at radius 1 is 1.10 bits per heavy atom. The van der Waals surface area contributed by atoms with Crippen LogP contribution in [0.1, 0.15) is 93.6 Å². The van der Waals surface area contributed by atoms with Gasteiger partial charge < -0.3 is 15.2 Å². The Bertz CT molecular complexity index is 1090. The van der Waals surface area contributed by atoms with E-state index in [1.165, 1.54) is 44.5 Å². The summed E-state index contributed by atoms with van der Waals surface area (Å²) in [6.45, 7) is 4.02. The van der Waals surface area contributed by atoms with Gasteiger partial charge in [-0.2, -0.15) is 13.2 Å². The zero-order valence-electron chi connectivity index (χ0n) is 23.9. The van der Waals surface area contributed by atoms with Crippen LogP contribution in [0.25, 0.3) is 0 Å². The van der Waals surface area contributed by atoms with Gasteiger partial charge in [-0.15, -0.1) is 0 Å². The van der Waals surface area contributed by atoms with Gasteiger partial charge in [-0.1, -0.05) is 51.5 Å². The van der Waals surface area contributed by atoms with Crippen molar-refractivity contribution in [2.24, 2.45) is 0 Å². The van der Waals surface area contributed by atoms with Crippen molar-refractivity contribution >= 4 is 5.97 Å². The number of carbonyl (C=O) groups is 1. The fourth-order valence-electron chi connectivity index (χ4n) is 4.97. The first-order chi connectivity index (χ1) is 20.0. The van der Waals surface area contributed by atoms with Crippen LogP contribution in [0, 0.1) is 0 Å². The van der Waals surface area contributed by atoms with Crippen molar-refractivity contribution in [1.82, 2.24) is 25.2 Å². The summed E-state index contributed by atoms with van der Waals surface area (Å²) in [6, 6.07) is 3.12. The molecule has 2 aromatic heterocycles. The van der Waals surface area contributed by atoms with Crippen LogP contribution in [0.5, 0.6) is 5.88 Å². The maximum Gasteiger partial charge on any atom is 0.451 e. The van der Waals surface area contributed by atoms with Gasteiger partial charge in [-0.25, -0.2) is 23.7 Å². The summed E-state index contributed by atoms with van der Waals surface area (Å²) >= 11 is 0. The van der Waals surface area contributed by atoms with E-state index in [9.17, 15) is 26.7 Å². The van der Waals surface area contributed by atoms with E-state index in [2.05, 4.69) is 27.2 Å². The highest BCUT2D eigenvalue weighted by Gasteiger charge is 2.38. The Labute approximate surface area is 243 Å². The Hall–Kier alpha value is -2.93. The zero-order valence-corrected chi connectivity index (χ0v) is 23.9. The van der Waals surface area contributed by atoms with Gasteiger partial charge in [0.1, 0.15) is 12.5 Å². The minimum absolute atomic E-state index is 0.192. The minimum Gasteiger partial charge on any atom is -0.481 e. The molecule has 8 nitrogen and oxygen atoms in total. The molecule has 0 spiro atoms. The number of halogens is 5. The lowest BCUT2D eigenvalue weighted by molar-refractivity contribution is -0.145.